The molecule has 0 spiro atoms. The third-order valence-electron chi connectivity index (χ3n) is 2.83. The standard InChI is InChI=1S/C14H14N2O4S/c1-10-3-2-8-15-14(10)16-21(19,20)12-6-4-11(5-7-12)9-13(17)18/h2-8H,9H2,1H3,(H,15,16)(H,17,18). The summed E-state index contributed by atoms with van der Waals surface area (Å²) in [5, 5.41) is 8.68. The lowest BCUT2D eigenvalue weighted by Gasteiger charge is -2.09. The Kier molecular flexibility index (Phi) is 4.23. The van der Waals surface area contributed by atoms with E-state index in [-0.39, 0.29) is 17.1 Å². The molecule has 0 aliphatic heterocycles. The normalized spacial score (nSPS) is 11.1. The van der Waals surface area contributed by atoms with Crippen LogP contribution >= 0.6 is 0 Å². The summed E-state index contributed by atoms with van der Waals surface area (Å²) in [6.07, 6.45) is 1.36. The quantitative estimate of drug-likeness (QED) is 0.878. The van der Waals surface area contributed by atoms with Crippen molar-refractivity contribution in [2.24, 2.45) is 0 Å². The molecule has 110 valence electrons. The Morgan fingerprint density at radius 3 is 2.48 bits per heavy atom. The van der Waals surface area contributed by atoms with Crippen LogP contribution in [0.5, 0.6) is 0 Å². The molecule has 0 atom stereocenters. The largest absolute Gasteiger partial charge is 0.481 e. The molecule has 2 N–H and O–H groups in total. The van der Waals surface area contributed by atoms with E-state index in [4.69, 9.17) is 5.11 Å². The second kappa shape index (κ2) is 5.92. The number of pyridine rings is 1. The fourth-order valence-corrected chi connectivity index (χ4v) is 2.82. The van der Waals surface area contributed by atoms with Gasteiger partial charge in [0.1, 0.15) is 5.82 Å². The molecule has 0 radical (unpaired) electrons. The highest BCUT2D eigenvalue weighted by Gasteiger charge is 2.16. The Labute approximate surface area is 122 Å². The Morgan fingerprint density at radius 2 is 1.90 bits per heavy atom. The van der Waals surface area contributed by atoms with Gasteiger partial charge in [-0.25, -0.2) is 13.4 Å². The van der Waals surface area contributed by atoms with Crippen LogP contribution in [-0.2, 0) is 21.2 Å². The highest BCUT2D eigenvalue weighted by Crippen LogP contribution is 2.17. The van der Waals surface area contributed by atoms with Gasteiger partial charge in [0.15, 0.2) is 0 Å². The van der Waals surface area contributed by atoms with E-state index in [0.29, 0.717) is 11.1 Å². The van der Waals surface area contributed by atoms with Gasteiger partial charge in [-0.1, -0.05) is 18.2 Å². The van der Waals surface area contributed by atoms with Crippen LogP contribution in [-0.4, -0.2) is 24.5 Å². The van der Waals surface area contributed by atoms with Gasteiger partial charge >= 0.3 is 5.97 Å². The number of carbonyl (C=O) groups is 1. The number of sulfonamides is 1. The van der Waals surface area contributed by atoms with Crippen molar-refractivity contribution in [3.05, 3.63) is 53.7 Å². The van der Waals surface area contributed by atoms with E-state index in [1.807, 2.05) is 0 Å². The van der Waals surface area contributed by atoms with E-state index in [9.17, 15) is 13.2 Å². The number of benzene rings is 1. The number of aromatic nitrogens is 1. The van der Waals surface area contributed by atoms with E-state index < -0.39 is 16.0 Å². The summed E-state index contributed by atoms with van der Waals surface area (Å²) < 4.78 is 26.8. The molecule has 0 saturated heterocycles. The van der Waals surface area contributed by atoms with Crippen LogP contribution in [0.25, 0.3) is 0 Å². The molecule has 0 aliphatic rings. The number of hydrogen-bond donors (Lipinski definition) is 2. The molecule has 1 aromatic carbocycles. The van der Waals surface area contributed by atoms with E-state index in [2.05, 4.69) is 9.71 Å². The molecule has 0 bridgehead atoms. The van der Waals surface area contributed by atoms with Crippen LogP contribution in [0.3, 0.4) is 0 Å². The molecule has 0 fully saturated rings. The maximum atomic E-state index is 12.2. The lowest BCUT2D eigenvalue weighted by molar-refractivity contribution is -0.136. The number of anilines is 1. The molecule has 0 saturated carbocycles. The number of rotatable bonds is 5. The average molecular weight is 306 g/mol. The molecule has 1 aromatic heterocycles. The van der Waals surface area contributed by atoms with Gasteiger partial charge in [-0.15, -0.1) is 0 Å². The second-order valence-corrected chi connectivity index (χ2v) is 6.17. The molecule has 0 aliphatic carbocycles. The minimum Gasteiger partial charge on any atom is -0.481 e. The highest BCUT2D eigenvalue weighted by atomic mass is 32.2. The van der Waals surface area contributed by atoms with Crippen molar-refractivity contribution in [2.75, 3.05) is 4.72 Å². The molecule has 0 unspecified atom stereocenters. The summed E-state index contributed by atoms with van der Waals surface area (Å²) >= 11 is 0. The molecular formula is C14H14N2O4S. The van der Waals surface area contributed by atoms with Crippen molar-refractivity contribution in [1.82, 2.24) is 4.98 Å². The first-order valence-electron chi connectivity index (χ1n) is 6.13. The van der Waals surface area contributed by atoms with Crippen LogP contribution in [0.4, 0.5) is 5.82 Å². The van der Waals surface area contributed by atoms with Gasteiger partial charge in [0.2, 0.25) is 0 Å². The zero-order valence-electron chi connectivity index (χ0n) is 11.3. The third-order valence-corrected chi connectivity index (χ3v) is 4.18. The first kappa shape index (κ1) is 15.0. The number of nitrogens with zero attached hydrogens (tertiary/aromatic N) is 1. The van der Waals surface area contributed by atoms with Crippen LogP contribution in [0.15, 0.2) is 47.5 Å². The van der Waals surface area contributed by atoms with Crippen molar-refractivity contribution in [3.8, 4) is 0 Å². The van der Waals surface area contributed by atoms with Crippen molar-refractivity contribution in [3.63, 3.8) is 0 Å². The van der Waals surface area contributed by atoms with Crippen LogP contribution < -0.4 is 4.72 Å². The molecule has 6 nitrogen and oxygen atoms in total. The zero-order valence-corrected chi connectivity index (χ0v) is 12.1. The summed E-state index contributed by atoms with van der Waals surface area (Å²) in [6, 6.07) is 9.17. The van der Waals surface area contributed by atoms with Crippen molar-refractivity contribution in [2.45, 2.75) is 18.2 Å². The number of hydrogen-bond acceptors (Lipinski definition) is 4. The topological polar surface area (TPSA) is 96.4 Å². The first-order valence-corrected chi connectivity index (χ1v) is 7.62. The predicted octanol–water partition coefficient (Wildman–Crippen LogP) is 1.82. The van der Waals surface area contributed by atoms with Crippen molar-refractivity contribution < 1.29 is 18.3 Å². The summed E-state index contributed by atoms with van der Waals surface area (Å²) in [5.74, 6) is -0.694. The van der Waals surface area contributed by atoms with E-state index in [0.717, 1.165) is 0 Å². The third kappa shape index (κ3) is 3.79. The fraction of sp³-hybridized carbons (Fsp3) is 0.143. The monoisotopic (exact) mass is 306 g/mol. The fourth-order valence-electron chi connectivity index (χ4n) is 1.74. The molecule has 2 aromatic rings. The van der Waals surface area contributed by atoms with Gasteiger partial charge in [0.05, 0.1) is 11.3 Å². The summed E-state index contributed by atoms with van der Waals surface area (Å²) in [6.45, 7) is 1.75. The zero-order chi connectivity index (χ0) is 15.5. The lowest BCUT2D eigenvalue weighted by atomic mass is 10.2. The van der Waals surface area contributed by atoms with Gasteiger partial charge in [0.25, 0.3) is 10.0 Å². The Morgan fingerprint density at radius 1 is 1.24 bits per heavy atom. The van der Waals surface area contributed by atoms with E-state index >= 15 is 0 Å². The highest BCUT2D eigenvalue weighted by molar-refractivity contribution is 7.92. The van der Waals surface area contributed by atoms with E-state index in [1.54, 1.807) is 19.1 Å². The molecular weight excluding hydrogens is 292 g/mol. The Balaban J connectivity index is 2.24. The maximum Gasteiger partial charge on any atom is 0.307 e. The SMILES string of the molecule is Cc1cccnc1NS(=O)(=O)c1ccc(CC(=O)O)cc1. The predicted molar refractivity (Wildman–Crippen MR) is 77.6 cm³/mol. The van der Waals surface area contributed by atoms with Crippen molar-refractivity contribution in [1.29, 1.82) is 0 Å². The average Bonchev–Trinajstić information content (AvgIpc) is 2.41. The summed E-state index contributed by atoms with van der Waals surface area (Å²) in [4.78, 5) is 14.6. The van der Waals surface area contributed by atoms with E-state index in [1.165, 1.54) is 30.5 Å². The molecule has 0 amide bonds. The molecule has 21 heavy (non-hydrogen) atoms. The number of aliphatic carboxylic acids is 1. The van der Waals surface area contributed by atoms with Gasteiger partial charge in [0, 0.05) is 6.20 Å². The molecule has 7 heteroatoms. The number of nitrogens with one attached hydrogen (secondary N) is 1. The van der Waals surface area contributed by atoms with Gasteiger partial charge < -0.3 is 5.11 Å². The molecule has 2 rings (SSSR count). The molecule has 1 heterocycles. The minimum atomic E-state index is -3.74. The van der Waals surface area contributed by atoms with Gasteiger partial charge in [-0.05, 0) is 36.2 Å². The van der Waals surface area contributed by atoms with Gasteiger partial charge in [-0.2, -0.15) is 0 Å². The summed E-state index contributed by atoms with van der Waals surface area (Å²) in [5.41, 5.74) is 1.25. The first-order chi connectivity index (χ1) is 9.88. The number of carboxylic acids is 1. The van der Waals surface area contributed by atoms with Crippen LogP contribution in [0.1, 0.15) is 11.1 Å². The lowest BCUT2D eigenvalue weighted by Crippen LogP contribution is -2.14. The number of aryl methyl sites for hydroxylation is 1. The van der Waals surface area contributed by atoms with Crippen molar-refractivity contribution >= 4 is 21.8 Å². The maximum absolute atomic E-state index is 12.2. The summed E-state index contributed by atoms with van der Waals surface area (Å²) in [7, 11) is -3.74. The Hall–Kier alpha value is -2.41. The van der Waals surface area contributed by atoms with Gasteiger partial charge in [-0.3, -0.25) is 9.52 Å². The second-order valence-electron chi connectivity index (χ2n) is 4.49. The van der Waals surface area contributed by atoms with Crippen LogP contribution in [0.2, 0.25) is 0 Å². The number of carboxylic acid groups (broad SMARTS) is 1. The Bertz CT molecular complexity index is 755. The smallest absolute Gasteiger partial charge is 0.307 e. The van der Waals surface area contributed by atoms with Crippen LogP contribution in [0, 0.1) is 6.92 Å². The minimum absolute atomic E-state index is 0.0571.